The summed E-state index contributed by atoms with van der Waals surface area (Å²) in [4.78, 5) is 60.5. The number of rotatable bonds is 9. The molecule has 14 nitrogen and oxygen atoms in total. The molecule has 1 amide bonds. The van der Waals surface area contributed by atoms with Crippen molar-refractivity contribution in [2.75, 3.05) is 11.9 Å². The fraction of sp³-hybridized carbons (Fsp3) is 0.469. The summed E-state index contributed by atoms with van der Waals surface area (Å²) >= 11 is 0. The quantitative estimate of drug-likeness (QED) is 0.150. The summed E-state index contributed by atoms with van der Waals surface area (Å²) in [6, 6.07) is 3.65. The summed E-state index contributed by atoms with van der Waals surface area (Å²) in [5.74, 6) is 0.137. The van der Waals surface area contributed by atoms with E-state index < -0.39 is 66.0 Å². The maximum Gasteiger partial charge on any atom is 0.312 e. The summed E-state index contributed by atoms with van der Waals surface area (Å²) < 4.78 is 37.9. The highest BCUT2D eigenvalue weighted by Crippen LogP contribution is 2.40. The first-order valence-electron chi connectivity index (χ1n) is 14.8. The Kier molecular flexibility index (Phi) is 9.02. The van der Waals surface area contributed by atoms with Crippen LogP contribution < -0.4 is 10.1 Å². The minimum atomic E-state index is -1.77. The zero-order valence-corrected chi connectivity index (χ0v) is 26.5. The second-order valence-corrected chi connectivity index (χ2v) is 12.3. The van der Waals surface area contributed by atoms with Crippen LogP contribution in [0.2, 0.25) is 0 Å². The van der Waals surface area contributed by atoms with Gasteiger partial charge >= 0.3 is 24.0 Å². The molecule has 2 aromatic heterocycles. The van der Waals surface area contributed by atoms with Gasteiger partial charge in [0.25, 0.3) is 5.91 Å². The molecule has 248 valence electrons. The summed E-state index contributed by atoms with van der Waals surface area (Å²) in [5, 5.41) is 13.4. The molecule has 4 heterocycles. The van der Waals surface area contributed by atoms with E-state index in [-0.39, 0.29) is 42.7 Å². The van der Waals surface area contributed by atoms with Crippen LogP contribution in [-0.2, 0) is 38.8 Å². The van der Waals surface area contributed by atoms with Crippen molar-refractivity contribution >= 4 is 40.8 Å². The Morgan fingerprint density at radius 2 is 2.02 bits per heavy atom. The number of cyclic esters (lactones) is 1. The van der Waals surface area contributed by atoms with Crippen LogP contribution >= 0.6 is 0 Å². The molecule has 0 aliphatic carbocycles. The number of aromatic nitrogens is 4. The van der Waals surface area contributed by atoms with E-state index in [0.717, 1.165) is 11.1 Å². The molecule has 2 aliphatic rings. The van der Waals surface area contributed by atoms with Crippen LogP contribution in [0.15, 0.2) is 18.5 Å². The molecule has 47 heavy (non-hydrogen) atoms. The molecule has 15 heteroatoms. The highest BCUT2D eigenvalue weighted by Gasteiger charge is 2.49. The first-order valence-corrected chi connectivity index (χ1v) is 14.8. The molecule has 0 bridgehead atoms. The number of nitrogens with one attached hydrogen (secondary N) is 1. The maximum atomic E-state index is 14.5. The summed E-state index contributed by atoms with van der Waals surface area (Å²) in [5.41, 5.74) is -0.276. The number of amides is 1. The molecule has 2 fully saturated rings. The van der Waals surface area contributed by atoms with E-state index in [1.165, 1.54) is 17.8 Å². The predicted octanol–water partition coefficient (Wildman–Crippen LogP) is 2.71. The maximum absolute atomic E-state index is 14.5. The number of ether oxygens (including phenoxy) is 4. The van der Waals surface area contributed by atoms with Gasteiger partial charge < -0.3 is 29.4 Å². The van der Waals surface area contributed by atoms with Crippen LogP contribution in [0.25, 0.3) is 11.2 Å². The van der Waals surface area contributed by atoms with Gasteiger partial charge in [-0.25, -0.2) is 4.98 Å². The summed E-state index contributed by atoms with van der Waals surface area (Å²) in [6.45, 7) is 8.15. The van der Waals surface area contributed by atoms with Crippen LogP contribution in [0.4, 0.5) is 10.2 Å². The highest BCUT2D eigenvalue weighted by atomic mass is 19.1. The van der Waals surface area contributed by atoms with Crippen molar-refractivity contribution in [2.45, 2.75) is 89.8 Å². The lowest BCUT2D eigenvalue weighted by Gasteiger charge is -2.30. The molecule has 3 aromatic rings. The molecule has 0 spiro atoms. The topological polar surface area (TPSA) is 181 Å². The molecule has 2 N–H and O–H groups in total. The monoisotopic (exact) mass is 651 g/mol. The third kappa shape index (κ3) is 6.79. The van der Waals surface area contributed by atoms with Crippen molar-refractivity contribution in [1.29, 1.82) is 0 Å². The third-order valence-corrected chi connectivity index (χ3v) is 8.08. The molecule has 4 atom stereocenters. The number of aryl methyl sites for hydroxylation is 2. The van der Waals surface area contributed by atoms with Crippen molar-refractivity contribution in [2.24, 2.45) is 0 Å². The molecule has 2 saturated heterocycles. The zero-order chi connectivity index (χ0) is 34.3. The lowest BCUT2D eigenvalue weighted by atomic mass is 9.78. The number of nitrogens with zero attached hydrogens (tertiary/aromatic N) is 4. The minimum Gasteiger partial charge on any atom is -0.461 e. The Hall–Kier alpha value is -4.94. The van der Waals surface area contributed by atoms with Crippen molar-refractivity contribution in [1.82, 2.24) is 19.5 Å². The molecule has 1 aromatic carbocycles. The van der Waals surface area contributed by atoms with Crippen molar-refractivity contribution < 1.29 is 47.6 Å². The number of halogens is 1. The normalized spacial score (nSPS) is 22.5. The second-order valence-electron chi connectivity index (χ2n) is 12.3. The number of aliphatic hydroxyl groups is 1. The highest BCUT2D eigenvalue weighted by molar-refractivity contribution is 6.00. The minimum absolute atomic E-state index is 0.00792. The zero-order valence-electron chi connectivity index (χ0n) is 26.5. The fourth-order valence-electron chi connectivity index (χ4n) is 6.04. The van der Waals surface area contributed by atoms with Crippen LogP contribution in [0, 0.1) is 32.3 Å². The molecule has 0 radical (unpaired) electrons. The van der Waals surface area contributed by atoms with Gasteiger partial charge in [0.15, 0.2) is 28.7 Å². The molecule has 5 rings (SSSR count). The van der Waals surface area contributed by atoms with Gasteiger partial charge in [-0.1, -0.05) is 25.8 Å². The first kappa shape index (κ1) is 33.4. The molecule has 0 unspecified atom stereocenters. The smallest absolute Gasteiger partial charge is 0.312 e. The largest absolute Gasteiger partial charge is 0.461 e. The SMILES string of the molecule is C#C[C@]1(COC(=O)CC(C)(C)c2c(C)cc(C)cc2OC(C)=O)O[C@@H](n2cnc3c(NC(=O)[C@H]4CCC(=O)O4)nc(F)nc32)C[C@@H]1O. The predicted molar refractivity (Wildman–Crippen MR) is 161 cm³/mol. The standard InChI is InChI=1S/C32H34FN5O9/c1-7-32(14-44-24(42)13-31(5,6)25-17(3)10-16(2)11-20(25)45-18(4)39)21(40)12-22(47-32)38-15-34-26-27(36-30(33)37-28(26)38)35-29(43)19-8-9-23(41)46-19/h1,10-11,15,19,21-22,40H,8-9,12-14H2,2-6H3,(H,35,36,37,43)/t19-,21+,22-,32-/m1/s1. The van der Waals surface area contributed by atoms with E-state index >= 15 is 0 Å². The van der Waals surface area contributed by atoms with Crippen molar-refractivity contribution in [3.63, 3.8) is 0 Å². The lowest BCUT2D eigenvalue weighted by Crippen LogP contribution is -2.43. The number of anilines is 1. The van der Waals surface area contributed by atoms with E-state index in [0.29, 0.717) is 11.3 Å². The molecule has 0 saturated carbocycles. The Bertz CT molecular complexity index is 1820. The van der Waals surface area contributed by atoms with E-state index in [1.54, 1.807) is 6.07 Å². The number of hydrogen-bond donors (Lipinski definition) is 2. The summed E-state index contributed by atoms with van der Waals surface area (Å²) in [6.07, 6.45) is 2.52. The Morgan fingerprint density at radius 3 is 2.68 bits per heavy atom. The van der Waals surface area contributed by atoms with E-state index in [9.17, 15) is 28.7 Å². The summed E-state index contributed by atoms with van der Waals surface area (Å²) in [7, 11) is 0. The number of benzene rings is 1. The Morgan fingerprint density at radius 1 is 1.28 bits per heavy atom. The van der Waals surface area contributed by atoms with Gasteiger partial charge in [0.1, 0.15) is 24.7 Å². The second kappa shape index (κ2) is 12.7. The van der Waals surface area contributed by atoms with Gasteiger partial charge in [-0.05, 0) is 31.0 Å². The number of hydrogen-bond acceptors (Lipinski definition) is 12. The molecular weight excluding hydrogens is 617 g/mol. The van der Waals surface area contributed by atoms with Gasteiger partial charge in [-0.3, -0.25) is 23.7 Å². The number of terminal acetylenes is 1. The lowest BCUT2D eigenvalue weighted by molar-refractivity contribution is -0.157. The van der Waals surface area contributed by atoms with Gasteiger partial charge in [-0.2, -0.15) is 14.4 Å². The number of carbonyl (C=O) groups is 4. The van der Waals surface area contributed by atoms with Crippen LogP contribution in [0.3, 0.4) is 0 Å². The van der Waals surface area contributed by atoms with Gasteiger partial charge in [0.05, 0.1) is 12.7 Å². The van der Waals surface area contributed by atoms with Gasteiger partial charge in [0, 0.05) is 37.2 Å². The number of carbonyl (C=O) groups excluding carboxylic acids is 4. The van der Waals surface area contributed by atoms with Crippen LogP contribution in [0.5, 0.6) is 5.75 Å². The Labute approximate surface area is 269 Å². The van der Waals surface area contributed by atoms with Crippen molar-refractivity contribution in [3.05, 3.63) is 41.2 Å². The fourth-order valence-corrected chi connectivity index (χ4v) is 6.04. The van der Waals surface area contributed by atoms with Crippen LogP contribution in [0.1, 0.15) is 69.4 Å². The average Bonchev–Trinajstić information content (AvgIpc) is 3.67. The average molecular weight is 652 g/mol. The number of esters is 3. The van der Waals surface area contributed by atoms with E-state index in [4.69, 9.17) is 25.4 Å². The number of imidazole rings is 1. The third-order valence-electron chi connectivity index (χ3n) is 8.08. The van der Waals surface area contributed by atoms with Crippen molar-refractivity contribution in [3.8, 4) is 18.1 Å². The van der Waals surface area contributed by atoms with Gasteiger partial charge in [0.2, 0.25) is 0 Å². The van der Waals surface area contributed by atoms with E-state index in [1.807, 2.05) is 33.8 Å². The molecular formula is C32H34FN5O9. The number of aliphatic hydroxyl groups excluding tert-OH is 1. The Balaban J connectivity index is 1.31. The molecule has 2 aliphatic heterocycles. The number of fused-ring (bicyclic) bond motifs is 1. The van der Waals surface area contributed by atoms with E-state index in [2.05, 4.69) is 26.2 Å². The van der Waals surface area contributed by atoms with Gasteiger partial charge in [-0.15, -0.1) is 6.42 Å². The van der Waals surface area contributed by atoms with Crippen LogP contribution in [-0.4, -0.2) is 72.9 Å². The first-order chi connectivity index (χ1) is 22.1.